The zero-order valence-electron chi connectivity index (χ0n) is 17.6. The third-order valence-electron chi connectivity index (χ3n) is 5.92. The van der Waals surface area contributed by atoms with Gasteiger partial charge in [-0.15, -0.1) is 0 Å². The van der Waals surface area contributed by atoms with Gasteiger partial charge in [0.25, 0.3) is 0 Å². The van der Waals surface area contributed by atoms with E-state index >= 15 is 0 Å². The zero-order valence-corrected chi connectivity index (χ0v) is 17.6. The van der Waals surface area contributed by atoms with Crippen LogP contribution in [0, 0.1) is 6.92 Å². The fraction of sp³-hybridized carbons (Fsp3) is 0.440. The van der Waals surface area contributed by atoms with Gasteiger partial charge in [0.2, 0.25) is 11.8 Å². The first kappa shape index (κ1) is 21.1. The molecule has 1 aliphatic rings. The highest BCUT2D eigenvalue weighted by Crippen LogP contribution is 2.19. The van der Waals surface area contributed by atoms with Gasteiger partial charge >= 0.3 is 0 Å². The number of carbonyl (C=O) groups excluding carboxylic acids is 2. The highest BCUT2D eigenvalue weighted by Gasteiger charge is 2.28. The fourth-order valence-corrected chi connectivity index (χ4v) is 4.00. The van der Waals surface area contributed by atoms with Gasteiger partial charge in [-0.1, -0.05) is 73.9 Å². The van der Waals surface area contributed by atoms with Crippen LogP contribution in [-0.2, 0) is 22.6 Å². The molecule has 29 heavy (non-hydrogen) atoms. The largest absolute Gasteiger partial charge is 0.352 e. The van der Waals surface area contributed by atoms with Crippen LogP contribution in [0.15, 0.2) is 54.6 Å². The molecule has 0 saturated heterocycles. The Labute approximate surface area is 174 Å². The molecular formula is C25H32N2O2. The second-order valence-corrected chi connectivity index (χ2v) is 8.13. The van der Waals surface area contributed by atoms with Crippen LogP contribution in [0.4, 0.5) is 0 Å². The Morgan fingerprint density at radius 3 is 2.34 bits per heavy atom. The molecule has 0 aliphatic heterocycles. The second kappa shape index (κ2) is 10.2. The van der Waals surface area contributed by atoms with Crippen molar-refractivity contribution in [2.45, 2.75) is 71.0 Å². The van der Waals surface area contributed by atoms with E-state index in [9.17, 15) is 9.59 Å². The molecule has 0 bridgehead atoms. The lowest BCUT2D eigenvalue weighted by atomic mass is 9.95. The molecule has 0 radical (unpaired) electrons. The van der Waals surface area contributed by atoms with E-state index in [1.54, 1.807) is 4.90 Å². The number of carbonyl (C=O) groups is 2. The van der Waals surface area contributed by atoms with Gasteiger partial charge in [-0.2, -0.15) is 0 Å². The summed E-state index contributed by atoms with van der Waals surface area (Å²) in [7, 11) is 0. The predicted molar refractivity (Wildman–Crippen MR) is 116 cm³/mol. The van der Waals surface area contributed by atoms with Crippen molar-refractivity contribution < 1.29 is 9.59 Å². The Balaban J connectivity index is 1.75. The molecule has 0 heterocycles. The molecule has 2 amide bonds. The highest BCUT2D eigenvalue weighted by molar-refractivity contribution is 5.88. The molecule has 0 unspecified atom stereocenters. The summed E-state index contributed by atoms with van der Waals surface area (Å²) in [6.07, 6.45) is 5.96. The van der Waals surface area contributed by atoms with E-state index in [0.29, 0.717) is 13.0 Å². The van der Waals surface area contributed by atoms with Crippen LogP contribution in [-0.4, -0.2) is 28.8 Å². The van der Waals surface area contributed by atoms with Gasteiger partial charge in [-0.3, -0.25) is 9.59 Å². The van der Waals surface area contributed by atoms with E-state index in [1.165, 1.54) is 19.3 Å². The number of nitrogens with zero attached hydrogens (tertiary/aromatic N) is 1. The van der Waals surface area contributed by atoms with Gasteiger partial charge < -0.3 is 10.2 Å². The summed E-state index contributed by atoms with van der Waals surface area (Å²) in [5.41, 5.74) is 3.14. The van der Waals surface area contributed by atoms with Crippen molar-refractivity contribution in [1.29, 1.82) is 0 Å². The first-order valence-corrected chi connectivity index (χ1v) is 10.7. The molecule has 1 fully saturated rings. The van der Waals surface area contributed by atoms with Crippen molar-refractivity contribution >= 4 is 11.8 Å². The van der Waals surface area contributed by atoms with E-state index < -0.39 is 6.04 Å². The standard InChI is InChI=1S/C25H32N2O2/c1-19-11-9-10-14-22(19)17-24(28)27(18-21-12-5-3-6-13-21)20(2)25(29)26-23-15-7-4-8-16-23/h3,5-6,9-14,20,23H,4,7-8,15-18H2,1-2H3,(H,26,29)/t20-/m0/s1. The number of hydrogen-bond acceptors (Lipinski definition) is 2. The van der Waals surface area contributed by atoms with Crippen molar-refractivity contribution in [3.8, 4) is 0 Å². The SMILES string of the molecule is Cc1ccccc1CC(=O)N(Cc1ccccc1)[C@@H](C)C(=O)NC1CCCCC1. The van der Waals surface area contributed by atoms with Crippen LogP contribution >= 0.6 is 0 Å². The van der Waals surface area contributed by atoms with Crippen molar-refractivity contribution in [2.75, 3.05) is 0 Å². The molecule has 1 aliphatic carbocycles. The summed E-state index contributed by atoms with van der Waals surface area (Å²) < 4.78 is 0. The highest BCUT2D eigenvalue weighted by atomic mass is 16.2. The van der Waals surface area contributed by atoms with Crippen LogP contribution in [0.3, 0.4) is 0 Å². The molecule has 0 spiro atoms. The summed E-state index contributed by atoms with van der Waals surface area (Å²) >= 11 is 0. The molecule has 4 heteroatoms. The summed E-state index contributed by atoms with van der Waals surface area (Å²) in [5.74, 6) is -0.0691. The normalized spacial score (nSPS) is 15.5. The van der Waals surface area contributed by atoms with E-state index in [4.69, 9.17) is 0 Å². The molecule has 2 aromatic rings. The van der Waals surface area contributed by atoms with Gasteiger partial charge in [0.05, 0.1) is 6.42 Å². The lowest BCUT2D eigenvalue weighted by molar-refractivity contribution is -0.140. The van der Waals surface area contributed by atoms with E-state index in [2.05, 4.69) is 5.32 Å². The van der Waals surface area contributed by atoms with Gasteiger partial charge in [0.1, 0.15) is 6.04 Å². The van der Waals surface area contributed by atoms with Crippen molar-refractivity contribution in [3.63, 3.8) is 0 Å². The summed E-state index contributed by atoms with van der Waals surface area (Å²) in [6, 6.07) is 17.6. The molecule has 1 atom stereocenters. The number of benzene rings is 2. The Bertz CT molecular complexity index is 813. The summed E-state index contributed by atoms with van der Waals surface area (Å²) in [5, 5.41) is 3.18. The van der Waals surface area contributed by atoms with Gasteiger partial charge in [-0.25, -0.2) is 0 Å². The number of rotatable bonds is 7. The third-order valence-corrected chi connectivity index (χ3v) is 5.92. The first-order valence-electron chi connectivity index (χ1n) is 10.7. The van der Waals surface area contributed by atoms with Crippen molar-refractivity contribution in [1.82, 2.24) is 10.2 Å². The lowest BCUT2D eigenvalue weighted by Crippen LogP contribution is -2.50. The molecule has 1 N–H and O–H groups in total. The summed E-state index contributed by atoms with van der Waals surface area (Å²) in [6.45, 7) is 4.30. The monoisotopic (exact) mass is 392 g/mol. The Hall–Kier alpha value is -2.62. The molecule has 2 aromatic carbocycles. The second-order valence-electron chi connectivity index (χ2n) is 8.13. The topological polar surface area (TPSA) is 49.4 Å². The molecule has 0 aromatic heterocycles. The van der Waals surface area contributed by atoms with Gasteiger partial charge in [0.15, 0.2) is 0 Å². The van der Waals surface area contributed by atoms with Gasteiger partial charge in [0, 0.05) is 12.6 Å². The average Bonchev–Trinajstić information content (AvgIpc) is 2.74. The maximum Gasteiger partial charge on any atom is 0.242 e. The van der Waals surface area contributed by atoms with E-state index in [0.717, 1.165) is 29.5 Å². The number of nitrogens with one attached hydrogen (secondary N) is 1. The van der Waals surface area contributed by atoms with Crippen LogP contribution in [0.5, 0.6) is 0 Å². The van der Waals surface area contributed by atoms with E-state index in [1.807, 2.05) is 68.4 Å². The maximum absolute atomic E-state index is 13.3. The van der Waals surface area contributed by atoms with Crippen molar-refractivity contribution in [2.24, 2.45) is 0 Å². The smallest absolute Gasteiger partial charge is 0.242 e. The van der Waals surface area contributed by atoms with Crippen LogP contribution < -0.4 is 5.32 Å². The quantitative estimate of drug-likeness (QED) is 0.759. The van der Waals surface area contributed by atoms with Crippen LogP contribution in [0.1, 0.15) is 55.7 Å². The molecular weight excluding hydrogens is 360 g/mol. The Morgan fingerprint density at radius 1 is 1.00 bits per heavy atom. The minimum Gasteiger partial charge on any atom is -0.352 e. The van der Waals surface area contributed by atoms with Gasteiger partial charge in [-0.05, 0) is 43.4 Å². The summed E-state index contributed by atoms with van der Waals surface area (Å²) in [4.78, 5) is 27.9. The zero-order chi connectivity index (χ0) is 20.6. The number of hydrogen-bond donors (Lipinski definition) is 1. The molecule has 1 saturated carbocycles. The fourth-order valence-electron chi connectivity index (χ4n) is 4.00. The minimum atomic E-state index is -0.506. The molecule has 4 nitrogen and oxygen atoms in total. The minimum absolute atomic E-state index is 0.0190. The van der Waals surface area contributed by atoms with Crippen molar-refractivity contribution in [3.05, 3.63) is 71.3 Å². The number of aryl methyl sites for hydroxylation is 1. The average molecular weight is 393 g/mol. The molecule has 3 rings (SSSR count). The Kier molecular flexibility index (Phi) is 7.45. The maximum atomic E-state index is 13.3. The lowest BCUT2D eigenvalue weighted by Gasteiger charge is -2.31. The number of amides is 2. The predicted octanol–water partition coefficient (Wildman–Crippen LogP) is 4.40. The van der Waals surface area contributed by atoms with E-state index in [-0.39, 0.29) is 17.9 Å². The Morgan fingerprint density at radius 2 is 1.66 bits per heavy atom. The van der Waals surface area contributed by atoms with Crippen LogP contribution in [0.2, 0.25) is 0 Å². The first-order chi connectivity index (χ1) is 14.0. The third kappa shape index (κ3) is 5.93. The van der Waals surface area contributed by atoms with Crippen LogP contribution in [0.25, 0.3) is 0 Å². The molecule has 154 valence electrons.